The van der Waals surface area contributed by atoms with Crippen LogP contribution in [0.4, 0.5) is 0 Å². The van der Waals surface area contributed by atoms with Gasteiger partial charge in [-0.05, 0) is 13.3 Å². The Morgan fingerprint density at radius 2 is 2.06 bits per heavy atom. The molecule has 0 saturated heterocycles. The molecule has 96 valence electrons. The number of hydrogen-bond donors (Lipinski definition) is 1. The van der Waals surface area contributed by atoms with Gasteiger partial charge in [0.2, 0.25) is 0 Å². The zero-order chi connectivity index (χ0) is 13.2. The van der Waals surface area contributed by atoms with Gasteiger partial charge in [0.05, 0.1) is 5.71 Å². The van der Waals surface area contributed by atoms with E-state index in [-0.39, 0.29) is 6.04 Å². The first-order chi connectivity index (χ1) is 7.99. The Bertz CT molecular complexity index is 435. The number of nitrogens with zero attached hydrogens (tertiary/aromatic N) is 3. The van der Waals surface area contributed by atoms with Crippen LogP contribution in [0.3, 0.4) is 0 Å². The second-order valence-corrected chi connectivity index (χ2v) is 4.26. The fourth-order valence-electron chi connectivity index (χ4n) is 2.41. The van der Waals surface area contributed by atoms with Crippen molar-refractivity contribution in [3.63, 3.8) is 0 Å². The van der Waals surface area contributed by atoms with Gasteiger partial charge in [0, 0.05) is 20.3 Å². The number of rotatable bonds is 4. The summed E-state index contributed by atoms with van der Waals surface area (Å²) < 4.78 is 2.93. The summed E-state index contributed by atoms with van der Waals surface area (Å²) in [6.45, 7) is 9.49. The van der Waals surface area contributed by atoms with Crippen LogP contribution in [0, 0.1) is 19.1 Å². The fourth-order valence-corrected chi connectivity index (χ4v) is 2.41. The first-order valence-electron chi connectivity index (χ1n) is 5.97. The summed E-state index contributed by atoms with van der Waals surface area (Å²) in [5.41, 5.74) is 2.36. The van der Waals surface area contributed by atoms with Crippen molar-refractivity contribution in [2.75, 3.05) is 0 Å². The SMILES string of the molecule is CCc1c(C)n([C@@H](CC)/C(C)=N\O)c(C)[n+]1[O-]. The molecule has 1 aromatic rings. The van der Waals surface area contributed by atoms with Crippen LogP contribution in [0.5, 0.6) is 0 Å². The molecule has 0 aromatic carbocycles. The molecule has 0 aliphatic rings. The van der Waals surface area contributed by atoms with Gasteiger partial charge in [0.25, 0.3) is 5.82 Å². The Kier molecular flexibility index (Phi) is 4.15. The quantitative estimate of drug-likeness (QED) is 0.287. The Labute approximate surface area is 102 Å². The van der Waals surface area contributed by atoms with E-state index in [1.54, 1.807) is 13.8 Å². The van der Waals surface area contributed by atoms with Crippen LogP contribution in [0.2, 0.25) is 0 Å². The first kappa shape index (κ1) is 13.5. The topological polar surface area (TPSA) is 64.5 Å². The molecule has 17 heavy (non-hydrogen) atoms. The van der Waals surface area contributed by atoms with Gasteiger partial charge in [-0.2, -0.15) is 0 Å². The molecule has 1 N–H and O–H groups in total. The second-order valence-electron chi connectivity index (χ2n) is 4.26. The van der Waals surface area contributed by atoms with Crippen LogP contribution in [0.25, 0.3) is 0 Å². The highest BCUT2D eigenvalue weighted by Crippen LogP contribution is 2.20. The zero-order valence-electron chi connectivity index (χ0n) is 11.2. The van der Waals surface area contributed by atoms with Gasteiger partial charge in [0.1, 0.15) is 17.4 Å². The van der Waals surface area contributed by atoms with E-state index in [0.717, 1.165) is 22.5 Å². The highest BCUT2D eigenvalue weighted by Gasteiger charge is 2.27. The molecule has 0 fully saturated rings. The normalized spacial score (nSPS) is 14.1. The lowest BCUT2D eigenvalue weighted by molar-refractivity contribution is -0.620. The van der Waals surface area contributed by atoms with Crippen molar-refractivity contribution in [2.45, 2.75) is 53.5 Å². The molecular weight excluding hydrogens is 218 g/mol. The molecule has 1 heterocycles. The minimum Gasteiger partial charge on any atom is -0.711 e. The van der Waals surface area contributed by atoms with Crippen molar-refractivity contribution in [1.29, 1.82) is 0 Å². The lowest BCUT2D eigenvalue weighted by Crippen LogP contribution is -2.33. The maximum Gasteiger partial charge on any atom is 0.257 e. The minimum atomic E-state index is -0.0551. The Hall–Kier alpha value is -1.52. The van der Waals surface area contributed by atoms with Gasteiger partial charge < -0.3 is 10.4 Å². The lowest BCUT2D eigenvalue weighted by Gasteiger charge is -2.13. The third-order valence-corrected chi connectivity index (χ3v) is 3.34. The van der Waals surface area contributed by atoms with E-state index in [1.165, 1.54) is 0 Å². The zero-order valence-corrected chi connectivity index (χ0v) is 11.2. The molecule has 0 amide bonds. The Morgan fingerprint density at radius 1 is 1.47 bits per heavy atom. The third-order valence-electron chi connectivity index (χ3n) is 3.34. The predicted octanol–water partition coefficient (Wildman–Crippen LogP) is 2.10. The molecule has 0 radical (unpaired) electrons. The summed E-state index contributed by atoms with van der Waals surface area (Å²) in [7, 11) is 0. The maximum atomic E-state index is 12.0. The van der Waals surface area contributed by atoms with Crippen LogP contribution >= 0.6 is 0 Å². The molecule has 0 aliphatic heterocycles. The van der Waals surface area contributed by atoms with Crippen molar-refractivity contribution >= 4 is 5.71 Å². The van der Waals surface area contributed by atoms with E-state index in [9.17, 15) is 5.21 Å². The van der Waals surface area contributed by atoms with Crippen molar-refractivity contribution in [3.8, 4) is 0 Å². The van der Waals surface area contributed by atoms with Crippen LogP contribution in [0.15, 0.2) is 5.16 Å². The molecule has 0 spiro atoms. The highest BCUT2D eigenvalue weighted by atomic mass is 16.5. The van der Waals surface area contributed by atoms with E-state index in [2.05, 4.69) is 5.16 Å². The summed E-state index contributed by atoms with van der Waals surface area (Å²) in [4.78, 5) is 0. The molecule has 1 rings (SSSR count). The van der Waals surface area contributed by atoms with Crippen molar-refractivity contribution < 1.29 is 9.94 Å². The molecule has 0 aliphatic carbocycles. The Balaban J connectivity index is 3.40. The van der Waals surface area contributed by atoms with E-state index in [1.807, 2.05) is 25.3 Å². The van der Waals surface area contributed by atoms with E-state index in [0.29, 0.717) is 18.0 Å². The van der Waals surface area contributed by atoms with Gasteiger partial charge in [-0.15, -0.1) is 0 Å². The van der Waals surface area contributed by atoms with Crippen LogP contribution < -0.4 is 4.73 Å². The molecule has 5 nitrogen and oxygen atoms in total. The summed E-state index contributed by atoms with van der Waals surface area (Å²) in [6.07, 6.45) is 1.49. The smallest absolute Gasteiger partial charge is 0.257 e. The van der Waals surface area contributed by atoms with Crippen molar-refractivity contribution in [1.82, 2.24) is 4.57 Å². The average Bonchev–Trinajstić information content (AvgIpc) is 2.53. The van der Waals surface area contributed by atoms with Gasteiger partial charge in [-0.25, -0.2) is 9.30 Å². The average molecular weight is 239 g/mol. The third kappa shape index (κ3) is 2.14. The van der Waals surface area contributed by atoms with Gasteiger partial charge in [0.15, 0.2) is 0 Å². The molecule has 1 atom stereocenters. The summed E-state index contributed by atoms with van der Waals surface area (Å²) in [5.74, 6) is 0.647. The van der Waals surface area contributed by atoms with Crippen LogP contribution in [-0.4, -0.2) is 15.5 Å². The largest absolute Gasteiger partial charge is 0.711 e. The lowest BCUT2D eigenvalue weighted by atomic mass is 10.1. The van der Waals surface area contributed by atoms with Crippen molar-refractivity contribution in [2.24, 2.45) is 5.16 Å². The van der Waals surface area contributed by atoms with Crippen molar-refractivity contribution in [3.05, 3.63) is 22.4 Å². The molecular formula is C12H21N3O2. The standard InChI is InChI=1S/C12H21N3O2/c1-6-11(8(3)13-16)14-9(4)12(7-2)15(17)10(14)5/h11,16H,6-7H2,1-5H3/b13-8-/t11-/m0/s1. The molecule has 1 aromatic heterocycles. The van der Waals surface area contributed by atoms with Gasteiger partial charge in [-0.3, -0.25) is 0 Å². The predicted molar refractivity (Wildman–Crippen MR) is 66.5 cm³/mol. The summed E-state index contributed by atoms with van der Waals surface area (Å²) in [6, 6.07) is -0.0551. The second kappa shape index (κ2) is 5.21. The fraction of sp³-hybridized carbons (Fsp3) is 0.667. The van der Waals surface area contributed by atoms with E-state index in [4.69, 9.17) is 5.21 Å². The molecule has 5 heteroatoms. The van der Waals surface area contributed by atoms with Crippen LogP contribution in [-0.2, 0) is 6.42 Å². The van der Waals surface area contributed by atoms with Crippen LogP contribution in [0.1, 0.15) is 50.4 Å². The summed E-state index contributed by atoms with van der Waals surface area (Å²) >= 11 is 0. The highest BCUT2D eigenvalue weighted by molar-refractivity contribution is 5.85. The molecule has 0 bridgehead atoms. The summed E-state index contributed by atoms with van der Waals surface area (Å²) in [5, 5.41) is 24.1. The first-order valence-corrected chi connectivity index (χ1v) is 5.97. The van der Waals surface area contributed by atoms with Gasteiger partial charge >= 0.3 is 0 Å². The molecule has 0 saturated carbocycles. The number of aromatic nitrogens is 2. The van der Waals surface area contributed by atoms with Gasteiger partial charge in [-0.1, -0.05) is 19.0 Å². The minimum absolute atomic E-state index is 0.0551. The Morgan fingerprint density at radius 3 is 2.41 bits per heavy atom. The monoisotopic (exact) mass is 239 g/mol. The number of imidazole rings is 1. The van der Waals surface area contributed by atoms with E-state index >= 15 is 0 Å². The van der Waals surface area contributed by atoms with E-state index < -0.39 is 0 Å². The number of hydrogen-bond acceptors (Lipinski definition) is 3. The molecule has 0 unspecified atom stereocenters. The number of oxime groups is 1. The maximum absolute atomic E-state index is 12.0.